The number of aromatic nitrogens is 1. The van der Waals surface area contributed by atoms with Gasteiger partial charge < -0.3 is 4.74 Å². The summed E-state index contributed by atoms with van der Waals surface area (Å²) in [6, 6.07) is 7.56. The lowest BCUT2D eigenvalue weighted by Gasteiger charge is -2.20. The number of pyridine rings is 1. The maximum atomic E-state index is 14.9. The molecule has 1 aromatic heterocycles. The van der Waals surface area contributed by atoms with Crippen LogP contribution in [-0.2, 0) is 12.5 Å². The number of halogens is 9. The minimum atomic E-state index is -5.01. The molecule has 0 N–H and O–H groups in total. The van der Waals surface area contributed by atoms with Crippen molar-refractivity contribution < 1.29 is 44.3 Å². The first-order valence-corrected chi connectivity index (χ1v) is 12.3. The minimum Gasteiger partial charge on any atom is -0.429 e. The van der Waals surface area contributed by atoms with Crippen LogP contribution in [0.15, 0.2) is 54.7 Å². The van der Waals surface area contributed by atoms with E-state index in [2.05, 4.69) is 16.6 Å². The molecule has 1 heterocycles. The molecule has 0 unspecified atom stereocenters. The van der Waals surface area contributed by atoms with Gasteiger partial charge >= 0.3 is 12.3 Å². The van der Waals surface area contributed by atoms with Crippen molar-refractivity contribution in [3.05, 3.63) is 94.7 Å². The van der Waals surface area contributed by atoms with Gasteiger partial charge in [-0.2, -0.15) is 22.0 Å². The molecule has 41 heavy (non-hydrogen) atoms. The second-order valence-electron chi connectivity index (χ2n) is 9.12. The first kappa shape index (κ1) is 29.8. The number of alkyl halides is 5. The van der Waals surface area contributed by atoms with Gasteiger partial charge in [-0.05, 0) is 66.3 Å². The van der Waals surface area contributed by atoms with Crippen LogP contribution in [0.5, 0.6) is 5.75 Å². The summed E-state index contributed by atoms with van der Waals surface area (Å²) in [6.45, 7) is 2.06. The van der Waals surface area contributed by atoms with Crippen LogP contribution in [0, 0.1) is 35.1 Å². The topological polar surface area (TPSA) is 22.1 Å². The van der Waals surface area contributed by atoms with E-state index in [0.29, 0.717) is 18.2 Å². The highest BCUT2D eigenvalue weighted by atomic mass is 19.4. The van der Waals surface area contributed by atoms with Gasteiger partial charge in [-0.15, -0.1) is 0 Å². The fourth-order valence-corrected chi connectivity index (χ4v) is 4.14. The summed E-state index contributed by atoms with van der Waals surface area (Å²) in [7, 11) is 0. The molecule has 0 fully saturated rings. The van der Waals surface area contributed by atoms with Crippen LogP contribution >= 0.6 is 0 Å². The van der Waals surface area contributed by atoms with Crippen LogP contribution in [0.4, 0.5) is 39.5 Å². The fraction of sp³-hybridized carbons (Fsp3) is 0.233. The van der Waals surface area contributed by atoms with Gasteiger partial charge in [0.2, 0.25) is 0 Å². The van der Waals surface area contributed by atoms with E-state index in [-0.39, 0.29) is 16.6 Å². The van der Waals surface area contributed by atoms with Crippen LogP contribution in [0.3, 0.4) is 0 Å². The Bertz CT molecular complexity index is 1610. The zero-order chi connectivity index (χ0) is 29.9. The molecule has 4 aromatic rings. The van der Waals surface area contributed by atoms with Crippen molar-refractivity contribution in [3.63, 3.8) is 0 Å². The van der Waals surface area contributed by atoms with E-state index in [1.165, 1.54) is 12.0 Å². The molecule has 0 amide bonds. The Morgan fingerprint density at radius 2 is 1.54 bits per heavy atom. The van der Waals surface area contributed by atoms with E-state index in [1.807, 2.05) is 0 Å². The van der Waals surface area contributed by atoms with Crippen molar-refractivity contribution in [2.24, 2.45) is 0 Å². The maximum absolute atomic E-state index is 14.9. The quantitative estimate of drug-likeness (QED) is 0.118. The minimum absolute atomic E-state index is 0.0826. The van der Waals surface area contributed by atoms with E-state index in [0.717, 1.165) is 55.4 Å². The van der Waals surface area contributed by atoms with Gasteiger partial charge in [0.1, 0.15) is 34.6 Å². The van der Waals surface area contributed by atoms with Crippen LogP contribution in [0.1, 0.15) is 42.9 Å². The Labute approximate surface area is 228 Å². The Kier molecular flexibility index (Phi) is 8.52. The number of unbranched alkanes of at least 4 members (excludes halogenated alkanes) is 2. The monoisotopic (exact) mass is 581 g/mol. The highest BCUT2D eigenvalue weighted by molar-refractivity contribution is 5.86. The largest absolute Gasteiger partial charge is 0.458 e. The van der Waals surface area contributed by atoms with Crippen molar-refractivity contribution in [1.82, 2.24) is 4.98 Å². The second-order valence-corrected chi connectivity index (χ2v) is 9.12. The van der Waals surface area contributed by atoms with Crippen LogP contribution < -0.4 is 4.74 Å². The number of nitrogens with zero attached hydrogens (tertiary/aromatic N) is 1. The summed E-state index contributed by atoms with van der Waals surface area (Å²) in [5.41, 5.74) is -1.87. The molecule has 0 spiro atoms. The maximum Gasteiger partial charge on any atom is 0.458 e. The third-order valence-corrected chi connectivity index (χ3v) is 6.10. The average molecular weight is 581 g/mol. The van der Waals surface area contributed by atoms with Gasteiger partial charge in [0.05, 0.1) is 11.3 Å². The molecule has 0 saturated heterocycles. The molecule has 0 aliphatic carbocycles. The number of rotatable bonds is 8. The Morgan fingerprint density at radius 3 is 2.15 bits per heavy atom. The molecular weight excluding hydrogens is 561 g/mol. The van der Waals surface area contributed by atoms with E-state index in [9.17, 15) is 39.5 Å². The molecule has 0 aliphatic rings. The Hall–Kier alpha value is -4.20. The highest BCUT2D eigenvalue weighted by Crippen LogP contribution is 2.38. The molecule has 0 saturated carbocycles. The number of benzene rings is 3. The summed E-state index contributed by atoms with van der Waals surface area (Å²) in [6.07, 6.45) is -4.24. The van der Waals surface area contributed by atoms with Gasteiger partial charge in [0, 0.05) is 23.1 Å². The number of fused-ring (bicyclic) bond motifs is 1. The highest BCUT2D eigenvalue weighted by Gasteiger charge is 2.41. The van der Waals surface area contributed by atoms with Gasteiger partial charge in [-0.3, -0.25) is 4.98 Å². The second kappa shape index (κ2) is 11.7. The Balaban J connectivity index is 1.60. The molecule has 2 nitrogen and oxygen atoms in total. The van der Waals surface area contributed by atoms with E-state index < -0.39 is 57.8 Å². The first-order chi connectivity index (χ1) is 19.3. The van der Waals surface area contributed by atoms with Gasteiger partial charge in [0.25, 0.3) is 0 Å². The third-order valence-electron chi connectivity index (χ3n) is 6.10. The SMILES string of the molecule is CCCCCc1ccc(-c2cc(F)c(C(F)(F)Oc3ccc4c(F)c(C#CC(F)(F)F)c(F)cc4c3)c(F)c2)nc1. The predicted molar refractivity (Wildman–Crippen MR) is 134 cm³/mol. The van der Waals surface area contributed by atoms with Crippen LogP contribution in [0.2, 0.25) is 0 Å². The van der Waals surface area contributed by atoms with Gasteiger partial charge in [-0.1, -0.05) is 31.8 Å². The Morgan fingerprint density at radius 1 is 0.829 bits per heavy atom. The molecule has 0 bridgehead atoms. The molecule has 11 heteroatoms. The van der Waals surface area contributed by atoms with Crippen molar-refractivity contribution in [1.29, 1.82) is 0 Å². The zero-order valence-electron chi connectivity index (χ0n) is 21.3. The van der Waals surface area contributed by atoms with E-state index in [1.54, 1.807) is 12.3 Å². The van der Waals surface area contributed by atoms with Crippen molar-refractivity contribution in [3.8, 4) is 28.8 Å². The normalized spacial score (nSPS) is 11.9. The molecular formula is C30H20F9NO. The van der Waals surface area contributed by atoms with Crippen molar-refractivity contribution in [2.45, 2.75) is 44.9 Å². The average Bonchev–Trinajstić information content (AvgIpc) is 2.87. The molecule has 0 aliphatic heterocycles. The lowest BCUT2D eigenvalue weighted by atomic mass is 10.0. The van der Waals surface area contributed by atoms with Gasteiger partial charge in [0.15, 0.2) is 0 Å². The predicted octanol–water partition coefficient (Wildman–Crippen LogP) is 9.23. The summed E-state index contributed by atoms with van der Waals surface area (Å²) < 4.78 is 130. The number of aryl methyl sites for hydroxylation is 1. The van der Waals surface area contributed by atoms with E-state index in [4.69, 9.17) is 0 Å². The van der Waals surface area contributed by atoms with Crippen molar-refractivity contribution in [2.75, 3.05) is 0 Å². The van der Waals surface area contributed by atoms with E-state index >= 15 is 0 Å². The smallest absolute Gasteiger partial charge is 0.429 e. The van der Waals surface area contributed by atoms with Crippen LogP contribution in [-0.4, -0.2) is 11.2 Å². The summed E-state index contributed by atoms with van der Waals surface area (Å²) in [5.74, 6) is -4.78. The lowest BCUT2D eigenvalue weighted by molar-refractivity contribution is -0.189. The lowest BCUT2D eigenvalue weighted by Crippen LogP contribution is -2.25. The molecule has 3 aromatic carbocycles. The summed E-state index contributed by atoms with van der Waals surface area (Å²) in [4.78, 5) is 4.16. The third kappa shape index (κ3) is 6.93. The zero-order valence-corrected chi connectivity index (χ0v) is 21.3. The summed E-state index contributed by atoms with van der Waals surface area (Å²) in [5, 5.41) is -0.814. The fourth-order valence-electron chi connectivity index (χ4n) is 4.14. The molecule has 0 radical (unpaired) electrons. The number of hydrogen-bond donors (Lipinski definition) is 0. The molecule has 214 valence electrons. The van der Waals surface area contributed by atoms with Gasteiger partial charge in [-0.25, -0.2) is 17.6 Å². The molecule has 4 rings (SSSR count). The first-order valence-electron chi connectivity index (χ1n) is 12.3. The summed E-state index contributed by atoms with van der Waals surface area (Å²) >= 11 is 0. The van der Waals surface area contributed by atoms with Crippen molar-refractivity contribution >= 4 is 10.8 Å². The number of ether oxygens (including phenoxy) is 1. The standard InChI is InChI=1S/C30H20F9NO/c1-2-3-4-5-17-6-9-26(40-16-17)19-14-24(32)27(25(33)15-19)30(38,39)41-20-7-8-21-18(12-20)13-23(31)22(28(21)34)10-11-29(35,36)37/h6-9,12-16H,2-5H2,1H3. The molecule has 0 atom stereocenters. The van der Waals surface area contributed by atoms with Crippen LogP contribution in [0.25, 0.3) is 22.0 Å². The number of hydrogen-bond acceptors (Lipinski definition) is 2.